The lowest BCUT2D eigenvalue weighted by molar-refractivity contribution is 0.115. The number of aromatic nitrogens is 1. The monoisotopic (exact) mass is 300 g/mol. The van der Waals surface area contributed by atoms with E-state index in [9.17, 15) is 5.11 Å². The van der Waals surface area contributed by atoms with Crippen molar-refractivity contribution in [3.8, 4) is 0 Å². The molecule has 0 aliphatic carbocycles. The van der Waals surface area contributed by atoms with Crippen LogP contribution in [0.2, 0.25) is 0 Å². The molecule has 17 heavy (non-hydrogen) atoms. The molecule has 0 spiro atoms. The molecular weight excluding hydrogens is 284 g/mol. The maximum Gasteiger partial charge on any atom is 0.143 e. The summed E-state index contributed by atoms with van der Waals surface area (Å²) >= 11 is 3.56. The van der Waals surface area contributed by atoms with Crippen molar-refractivity contribution in [3.05, 3.63) is 22.3 Å². The molecule has 1 aliphatic rings. The van der Waals surface area contributed by atoms with Crippen molar-refractivity contribution in [1.82, 2.24) is 4.98 Å². The Morgan fingerprint density at radius 3 is 3.06 bits per heavy atom. The molecule has 0 radical (unpaired) electrons. The number of anilines is 1. The van der Waals surface area contributed by atoms with Crippen molar-refractivity contribution in [2.24, 2.45) is 0 Å². The topological polar surface area (TPSA) is 45.6 Å². The van der Waals surface area contributed by atoms with Gasteiger partial charge in [-0.15, -0.1) is 0 Å². The predicted octanol–water partition coefficient (Wildman–Crippen LogP) is 1.74. The predicted molar refractivity (Wildman–Crippen MR) is 70.3 cm³/mol. The molecular formula is C12H17BrN2O2. The highest BCUT2D eigenvalue weighted by Gasteiger charge is 2.33. The second-order valence-corrected chi connectivity index (χ2v) is 5.14. The van der Waals surface area contributed by atoms with E-state index in [1.807, 2.05) is 13.0 Å². The molecule has 5 heteroatoms. The Labute approximate surface area is 110 Å². The number of aryl methyl sites for hydroxylation is 1. The molecule has 1 saturated heterocycles. The van der Waals surface area contributed by atoms with E-state index in [1.165, 1.54) is 0 Å². The van der Waals surface area contributed by atoms with Crippen molar-refractivity contribution in [2.45, 2.75) is 25.5 Å². The van der Waals surface area contributed by atoms with E-state index in [-0.39, 0.29) is 18.8 Å². The van der Waals surface area contributed by atoms with E-state index >= 15 is 0 Å². The summed E-state index contributed by atoms with van der Waals surface area (Å²) in [4.78, 5) is 6.52. The molecule has 4 nitrogen and oxygen atoms in total. The number of halogens is 1. The third-order valence-electron chi connectivity index (χ3n) is 3.26. The van der Waals surface area contributed by atoms with Crippen LogP contribution in [0.3, 0.4) is 0 Å². The van der Waals surface area contributed by atoms with Crippen LogP contribution < -0.4 is 4.90 Å². The first-order chi connectivity index (χ1) is 8.17. The Balaban J connectivity index is 2.29. The van der Waals surface area contributed by atoms with Gasteiger partial charge in [-0.05, 0) is 40.9 Å². The van der Waals surface area contributed by atoms with Crippen LogP contribution in [0.1, 0.15) is 12.0 Å². The number of aliphatic hydroxyl groups excluding tert-OH is 1. The lowest BCUT2D eigenvalue weighted by atomic mass is 10.2. The van der Waals surface area contributed by atoms with Crippen LogP contribution in [-0.2, 0) is 4.74 Å². The van der Waals surface area contributed by atoms with Gasteiger partial charge in [0.25, 0.3) is 0 Å². The summed E-state index contributed by atoms with van der Waals surface area (Å²) < 4.78 is 6.36. The second-order valence-electron chi connectivity index (χ2n) is 4.35. The normalized spacial score (nSPS) is 24.4. The number of hydrogen-bond donors (Lipinski definition) is 1. The van der Waals surface area contributed by atoms with Gasteiger partial charge in [0.15, 0.2) is 0 Å². The quantitative estimate of drug-likeness (QED) is 0.924. The summed E-state index contributed by atoms with van der Waals surface area (Å²) in [5.74, 6) is 0.892. The van der Waals surface area contributed by atoms with E-state index in [2.05, 4.69) is 25.8 Å². The highest BCUT2D eigenvalue weighted by atomic mass is 79.9. The zero-order valence-electron chi connectivity index (χ0n) is 10.1. The van der Waals surface area contributed by atoms with Crippen LogP contribution in [-0.4, -0.2) is 42.5 Å². The van der Waals surface area contributed by atoms with E-state index in [4.69, 9.17) is 4.74 Å². The third kappa shape index (κ3) is 2.46. The van der Waals surface area contributed by atoms with E-state index < -0.39 is 0 Å². The molecule has 2 rings (SSSR count). The van der Waals surface area contributed by atoms with Gasteiger partial charge in [-0.25, -0.2) is 4.98 Å². The molecule has 1 aromatic rings. The minimum atomic E-state index is 0.0885. The fraction of sp³-hybridized carbons (Fsp3) is 0.583. The van der Waals surface area contributed by atoms with E-state index in [1.54, 1.807) is 13.3 Å². The van der Waals surface area contributed by atoms with Crippen LogP contribution >= 0.6 is 15.9 Å². The molecule has 1 aliphatic heterocycles. The minimum absolute atomic E-state index is 0.0885. The highest BCUT2D eigenvalue weighted by molar-refractivity contribution is 9.10. The Morgan fingerprint density at radius 2 is 2.41 bits per heavy atom. The van der Waals surface area contributed by atoms with Gasteiger partial charge in [0.05, 0.1) is 23.2 Å². The standard InChI is InChI=1S/C12H17BrN2O2/c1-8-3-4-14-12(11(8)13)15-6-10(17-2)5-9(15)7-16/h3-4,9-10,16H,5-7H2,1-2H3/t9-,10-/m0/s1. The zero-order valence-corrected chi connectivity index (χ0v) is 11.6. The largest absolute Gasteiger partial charge is 0.394 e. The average molecular weight is 301 g/mol. The first kappa shape index (κ1) is 12.8. The first-order valence-corrected chi connectivity index (χ1v) is 6.48. The third-order valence-corrected chi connectivity index (χ3v) is 4.24. The van der Waals surface area contributed by atoms with Gasteiger partial charge in [0, 0.05) is 19.9 Å². The number of pyridine rings is 1. The molecule has 94 valence electrons. The molecule has 1 fully saturated rings. The lowest BCUT2D eigenvalue weighted by Gasteiger charge is -2.25. The summed E-state index contributed by atoms with van der Waals surface area (Å²) in [6, 6.07) is 2.05. The Morgan fingerprint density at radius 1 is 1.65 bits per heavy atom. The number of methoxy groups -OCH3 is 1. The summed E-state index contributed by atoms with van der Waals surface area (Å²) in [7, 11) is 1.71. The van der Waals surface area contributed by atoms with Gasteiger partial charge in [0.1, 0.15) is 5.82 Å². The molecule has 0 bridgehead atoms. The molecule has 0 amide bonds. The summed E-state index contributed by atoms with van der Waals surface area (Å²) in [5, 5.41) is 9.43. The van der Waals surface area contributed by atoms with Crippen molar-refractivity contribution >= 4 is 21.7 Å². The van der Waals surface area contributed by atoms with Gasteiger partial charge in [0.2, 0.25) is 0 Å². The van der Waals surface area contributed by atoms with Crippen molar-refractivity contribution in [2.75, 3.05) is 25.2 Å². The number of hydrogen-bond acceptors (Lipinski definition) is 4. The minimum Gasteiger partial charge on any atom is -0.394 e. The van der Waals surface area contributed by atoms with Crippen LogP contribution in [0.25, 0.3) is 0 Å². The maximum absolute atomic E-state index is 9.43. The molecule has 2 heterocycles. The van der Waals surface area contributed by atoms with Crippen molar-refractivity contribution < 1.29 is 9.84 Å². The van der Waals surface area contributed by atoms with Gasteiger partial charge in [-0.1, -0.05) is 0 Å². The molecule has 1 N–H and O–H groups in total. The number of rotatable bonds is 3. The molecule has 0 unspecified atom stereocenters. The maximum atomic E-state index is 9.43. The second kappa shape index (κ2) is 5.33. The SMILES string of the molecule is CO[C@H]1C[C@@H](CO)N(c2nccc(C)c2Br)C1. The Kier molecular flexibility index (Phi) is 4.01. The van der Waals surface area contributed by atoms with E-state index in [0.29, 0.717) is 0 Å². The summed E-state index contributed by atoms with van der Waals surface area (Å²) in [6.07, 6.45) is 2.81. The van der Waals surface area contributed by atoms with Gasteiger partial charge < -0.3 is 14.7 Å². The highest BCUT2D eigenvalue weighted by Crippen LogP contribution is 2.32. The number of ether oxygens (including phenoxy) is 1. The average Bonchev–Trinajstić information content (AvgIpc) is 2.76. The number of nitrogens with zero attached hydrogens (tertiary/aromatic N) is 2. The Bertz CT molecular complexity index is 400. The van der Waals surface area contributed by atoms with Gasteiger partial charge >= 0.3 is 0 Å². The fourth-order valence-corrected chi connectivity index (χ4v) is 2.67. The van der Waals surface area contributed by atoms with Crippen LogP contribution in [0.4, 0.5) is 5.82 Å². The summed E-state index contributed by atoms with van der Waals surface area (Å²) in [6.45, 7) is 2.94. The van der Waals surface area contributed by atoms with Gasteiger partial charge in [-0.2, -0.15) is 0 Å². The molecule has 0 aromatic carbocycles. The first-order valence-electron chi connectivity index (χ1n) is 5.68. The smallest absolute Gasteiger partial charge is 0.143 e. The van der Waals surface area contributed by atoms with Crippen LogP contribution in [0, 0.1) is 6.92 Å². The van der Waals surface area contributed by atoms with Crippen LogP contribution in [0.5, 0.6) is 0 Å². The zero-order chi connectivity index (χ0) is 12.4. The molecule has 2 atom stereocenters. The Hall–Kier alpha value is -0.650. The molecule has 1 aromatic heterocycles. The van der Waals surface area contributed by atoms with Crippen LogP contribution in [0.15, 0.2) is 16.7 Å². The van der Waals surface area contributed by atoms with Gasteiger partial charge in [-0.3, -0.25) is 0 Å². The van der Waals surface area contributed by atoms with Crippen molar-refractivity contribution in [1.29, 1.82) is 0 Å². The fourth-order valence-electron chi connectivity index (χ4n) is 2.20. The summed E-state index contributed by atoms with van der Waals surface area (Å²) in [5.41, 5.74) is 1.15. The van der Waals surface area contributed by atoms with E-state index in [0.717, 1.165) is 28.8 Å². The number of aliphatic hydroxyl groups is 1. The van der Waals surface area contributed by atoms with Crippen molar-refractivity contribution in [3.63, 3.8) is 0 Å². The molecule has 0 saturated carbocycles. The lowest BCUT2D eigenvalue weighted by Crippen LogP contribution is -2.33.